The fourth-order valence-corrected chi connectivity index (χ4v) is 3.94. The number of piperazine rings is 1. The lowest BCUT2D eigenvalue weighted by atomic mass is 9.93. The molecule has 0 saturated carbocycles. The Morgan fingerprint density at radius 2 is 1.59 bits per heavy atom. The summed E-state index contributed by atoms with van der Waals surface area (Å²) in [5.41, 5.74) is 2.26. The Bertz CT molecular complexity index is 624. The molecule has 3 rings (SSSR count). The van der Waals surface area contributed by atoms with Crippen LogP contribution < -0.4 is 5.32 Å². The molecule has 2 saturated heterocycles. The first-order chi connectivity index (χ1) is 12.6. The van der Waals surface area contributed by atoms with E-state index in [4.69, 9.17) is 0 Å². The van der Waals surface area contributed by atoms with E-state index in [2.05, 4.69) is 5.32 Å². The van der Waals surface area contributed by atoms with Gasteiger partial charge in [-0.2, -0.15) is 0 Å². The standard InChI is InChI=1S/C21H31N3O2.ClH/c1-17-4-2-3-5-19(17)16-21(26)24-14-12-23(13-15-24)20(25)7-6-18-8-10-22-11-9-18;/h2-5,18,22H,6-16H2,1H3;1H. The van der Waals surface area contributed by atoms with E-state index in [-0.39, 0.29) is 24.2 Å². The number of nitrogens with zero attached hydrogens (tertiary/aromatic N) is 2. The van der Waals surface area contributed by atoms with E-state index in [1.165, 1.54) is 12.8 Å². The van der Waals surface area contributed by atoms with Crippen LogP contribution in [-0.2, 0) is 16.0 Å². The van der Waals surface area contributed by atoms with E-state index in [1.54, 1.807) is 0 Å². The Labute approximate surface area is 168 Å². The zero-order valence-electron chi connectivity index (χ0n) is 16.3. The van der Waals surface area contributed by atoms with Crippen LogP contribution in [0.3, 0.4) is 0 Å². The van der Waals surface area contributed by atoms with Crippen molar-refractivity contribution in [2.24, 2.45) is 5.92 Å². The van der Waals surface area contributed by atoms with E-state index in [0.29, 0.717) is 44.9 Å². The van der Waals surface area contributed by atoms with Gasteiger partial charge in [0.05, 0.1) is 6.42 Å². The molecule has 1 aromatic rings. The molecule has 1 aromatic carbocycles. The van der Waals surface area contributed by atoms with Gasteiger partial charge in [-0.1, -0.05) is 24.3 Å². The Balaban J connectivity index is 0.00000261. The summed E-state index contributed by atoms with van der Waals surface area (Å²) in [6, 6.07) is 8.04. The number of nitrogens with one attached hydrogen (secondary N) is 1. The molecular weight excluding hydrogens is 362 g/mol. The molecule has 0 aliphatic carbocycles. The Morgan fingerprint density at radius 1 is 1.00 bits per heavy atom. The van der Waals surface area contributed by atoms with Crippen LogP contribution in [0.2, 0.25) is 0 Å². The quantitative estimate of drug-likeness (QED) is 0.835. The normalized spacial score (nSPS) is 18.1. The molecule has 1 N–H and O–H groups in total. The highest BCUT2D eigenvalue weighted by Crippen LogP contribution is 2.19. The van der Waals surface area contributed by atoms with Crippen molar-refractivity contribution in [3.8, 4) is 0 Å². The summed E-state index contributed by atoms with van der Waals surface area (Å²) in [6.07, 6.45) is 4.49. The Morgan fingerprint density at radius 3 is 2.22 bits per heavy atom. The number of halogens is 1. The minimum Gasteiger partial charge on any atom is -0.339 e. The van der Waals surface area contributed by atoms with Crippen molar-refractivity contribution < 1.29 is 9.59 Å². The molecule has 2 aliphatic heterocycles. The second-order valence-corrected chi connectivity index (χ2v) is 7.60. The third-order valence-corrected chi connectivity index (χ3v) is 5.81. The van der Waals surface area contributed by atoms with Crippen molar-refractivity contribution in [1.29, 1.82) is 0 Å². The van der Waals surface area contributed by atoms with Crippen LogP contribution >= 0.6 is 12.4 Å². The molecule has 27 heavy (non-hydrogen) atoms. The van der Waals surface area contributed by atoms with Gasteiger partial charge < -0.3 is 15.1 Å². The second kappa shape index (κ2) is 10.7. The van der Waals surface area contributed by atoms with Crippen molar-refractivity contribution in [1.82, 2.24) is 15.1 Å². The number of hydrogen-bond acceptors (Lipinski definition) is 3. The van der Waals surface area contributed by atoms with Gasteiger partial charge in [0, 0.05) is 32.6 Å². The van der Waals surface area contributed by atoms with Gasteiger partial charge >= 0.3 is 0 Å². The van der Waals surface area contributed by atoms with Crippen molar-refractivity contribution in [2.45, 2.75) is 39.0 Å². The SMILES string of the molecule is Cc1ccccc1CC(=O)N1CCN(C(=O)CCC2CCNCC2)CC1.Cl. The van der Waals surface area contributed by atoms with Gasteiger partial charge in [0.15, 0.2) is 0 Å². The second-order valence-electron chi connectivity index (χ2n) is 7.60. The summed E-state index contributed by atoms with van der Waals surface area (Å²) < 4.78 is 0. The largest absolute Gasteiger partial charge is 0.339 e. The minimum absolute atomic E-state index is 0. The lowest BCUT2D eigenvalue weighted by Crippen LogP contribution is -2.51. The number of rotatable bonds is 5. The molecule has 0 atom stereocenters. The first-order valence-electron chi connectivity index (χ1n) is 9.94. The molecule has 0 spiro atoms. The first-order valence-corrected chi connectivity index (χ1v) is 9.94. The fraction of sp³-hybridized carbons (Fsp3) is 0.619. The van der Waals surface area contributed by atoms with Gasteiger partial charge in [-0.3, -0.25) is 9.59 Å². The number of benzene rings is 1. The molecule has 2 fully saturated rings. The van der Waals surface area contributed by atoms with Crippen molar-refractivity contribution >= 4 is 24.2 Å². The summed E-state index contributed by atoms with van der Waals surface area (Å²) in [7, 11) is 0. The number of amides is 2. The van der Waals surface area contributed by atoms with Crippen molar-refractivity contribution in [3.63, 3.8) is 0 Å². The van der Waals surface area contributed by atoms with E-state index in [9.17, 15) is 9.59 Å². The van der Waals surface area contributed by atoms with Gasteiger partial charge in [0.1, 0.15) is 0 Å². The number of carbonyl (C=O) groups is 2. The van der Waals surface area contributed by atoms with Crippen molar-refractivity contribution in [2.75, 3.05) is 39.3 Å². The third kappa shape index (κ3) is 6.22. The molecule has 2 heterocycles. The molecule has 0 radical (unpaired) electrons. The maximum Gasteiger partial charge on any atom is 0.227 e. The summed E-state index contributed by atoms with van der Waals surface area (Å²) in [5, 5.41) is 3.37. The average Bonchev–Trinajstić information content (AvgIpc) is 2.69. The minimum atomic E-state index is 0. The average molecular weight is 394 g/mol. The zero-order chi connectivity index (χ0) is 18.4. The molecular formula is C21H32ClN3O2. The summed E-state index contributed by atoms with van der Waals surface area (Å²) >= 11 is 0. The fourth-order valence-electron chi connectivity index (χ4n) is 3.94. The third-order valence-electron chi connectivity index (χ3n) is 5.81. The van der Waals surface area contributed by atoms with Gasteiger partial charge in [-0.25, -0.2) is 0 Å². The highest BCUT2D eigenvalue weighted by Gasteiger charge is 2.25. The molecule has 5 nitrogen and oxygen atoms in total. The maximum absolute atomic E-state index is 12.5. The highest BCUT2D eigenvalue weighted by molar-refractivity contribution is 5.85. The molecule has 6 heteroatoms. The zero-order valence-corrected chi connectivity index (χ0v) is 17.1. The predicted octanol–water partition coefficient (Wildman–Crippen LogP) is 2.41. The Hall–Kier alpha value is -1.59. The topological polar surface area (TPSA) is 52.7 Å². The summed E-state index contributed by atoms with van der Waals surface area (Å²) in [5.74, 6) is 1.12. The summed E-state index contributed by atoms with van der Waals surface area (Å²) in [6.45, 7) is 6.87. The van der Waals surface area contributed by atoms with Crippen LogP contribution in [0.1, 0.15) is 36.8 Å². The van der Waals surface area contributed by atoms with E-state index >= 15 is 0 Å². The van der Waals surface area contributed by atoms with E-state index in [1.807, 2.05) is 41.0 Å². The predicted molar refractivity (Wildman–Crippen MR) is 110 cm³/mol. The highest BCUT2D eigenvalue weighted by atomic mass is 35.5. The molecule has 150 valence electrons. The smallest absolute Gasteiger partial charge is 0.227 e. The monoisotopic (exact) mass is 393 g/mol. The lowest BCUT2D eigenvalue weighted by Gasteiger charge is -2.35. The van der Waals surface area contributed by atoms with Gasteiger partial charge in [0.25, 0.3) is 0 Å². The first kappa shape index (κ1) is 21.7. The van der Waals surface area contributed by atoms with Crippen LogP contribution in [-0.4, -0.2) is 60.9 Å². The van der Waals surface area contributed by atoms with E-state index in [0.717, 1.165) is 30.6 Å². The van der Waals surface area contributed by atoms with E-state index < -0.39 is 0 Å². The molecule has 0 aromatic heterocycles. The van der Waals surface area contributed by atoms with Gasteiger partial charge in [-0.15, -0.1) is 12.4 Å². The van der Waals surface area contributed by atoms with Crippen LogP contribution in [0.25, 0.3) is 0 Å². The van der Waals surface area contributed by atoms with Gasteiger partial charge in [0.2, 0.25) is 11.8 Å². The number of aryl methyl sites for hydroxylation is 1. The van der Waals surface area contributed by atoms with Crippen LogP contribution in [0.4, 0.5) is 0 Å². The summed E-state index contributed by atoms with van der Waals surface area (Å²) in [4.78, 5) is 28.9. The van der Waals surface area contributed by atoms with Crippen LogP contribution in [0.15, 0.2) is 24.3 Å². The lowest BCUT2D eigenvalue weighted by molar-refractivity contribution is -0.139. The number of hydrogen-bond donors (Lipinski definition) is 1. The van der Waals surface area contributed by atoms with Crippen LogP contribution in [0.5, 0.6) is 0 Å². The molecule has 2 aliphatic rings. The molecule has 0 bridgehead atoms. The maximum atomic E-state index is 12.5. The number of piperidine rings is 1. The Kier molecular flexibility index (Phi) is 8.58. The molecule has 2 amide bonds. The number of carbonyl (C=O) groups excluding carboxylic acids is 2. The van der Waals surface area contributed by atoms with Crippen LogP contribution in [0, 0.1) is 12.8 Å². The van der Waals surface area contributed by atoms with Gasteiger partial charge in [-0.05, 0) is 56.3 Å². The molecule has 0 unspecified atom stereocenters. The van der Waals surface area contributed by atoms with Crippen molar-refractivity contribution in [3.05, 3.63) is 35.4 Å².